The Morgan fingerprint density at radius 1 is 1.22 bits per heavy atom. The van der Waals surface area contributed by atoms with Crippen molar-refractivity contribution in [3.8, 4) is 0 Å². The predicted molar refractivity (Wildman–Crippen MR) is 102 cm³/mol. The van der Waals surface area contributed by atoms with Crippen molar-refractivity contribution in [2.75, 3.05) is 30.2 Å². The van der Waals surface area contributed by atoms with Crippen LogP contribution in [0.15, 0.2) is 41.3 Å². The third-order valence-corrected chi connectivity index (χ3v) is 6.59. The molecule has 6 nitrogen and oxygen atoms in total. The minimum absolute atomic E-state index is 0.0128. The maximum absolute atomic E-state index is 13.2. The smallest absolute Gasteiger partial charge is 0.241 e. The van der Waals surface area contributed by atoms with E-state index in [1.807, 2.05) is 23.1 Å². The summed E-state index contributed by atoms with van der Waals surface area (Å²) < 4.78 is 41.2. The van der Waals surface area contributed by atoms with Gasteiger partial charge in [-0.05, 0) is 60.2 Å². The van der Waals surface area contributed by atoms with E-state index in [1.54, 1.807) is 18.2 Å². The van der Waals surface area contributed by atoms with Gasteiger partial charge in [0.15, 0.2) is 0 Å². The lowest BCUT2D eigenvalue weighted by atomic mass is 10.1. The van der Waals surface area contributed by atoms with E-state index in [9.17, 15) is 12.8 Å². The van der Waals surface area contributed by atoms with Crippen molar-refractivity contribution in [2.24, 2.45) is 0 Å². The lowest BCUT2D eigenvalue weighted by Crippen LogP contribution is -2.34. The van der Waals surface area contributed by atoms with Crippen LogP contribution in [0.5, 0.6) is 0 Å². The van der Waals surface area contributed by atoms with E-state index in [-0.39, 0.29) is 29.8 Å². The molecule has 1 fully saturated rings. The molecule has 0 spiro atoms. The first-order chi connectivity index (χ1) is 12.9. The number of sulfonamides is 1. The monoisotopic (exact) mass is 391 g/mol. The summed E-state index contributed by atoms with van der Waals surface area (Å²) in [5, 5.41) is 12.9. The van der Waals surface area contributed by atoms with Gasteiger partial charge in [-0.15, -0.1) is 0 Å². The fourth-order valence-corrected chi connectivity index (χ4v) is 4.86. The number of hydrogen-bond acceptors (Lipinski definition) is 5. The number of anilines is 2. The summed E-state index contributed by atoms with van der Waals surface area (Å²) in [6, 6.07) is 9.94. The predicted octanol–water partition coefficient (Wildman–Crippen LogP) is 2.35. The standard InChI is InChI=1S/C19H22FN3O3S/c1-22-18-11-19(27(25,26)21-8-9-24)17(13-2-3-13)10-14(18)12-23(22)16-6-4-15(20)5-7-16/h4-7,10-11,13,21,24H,2-3,8-9,12H2,1H3. The van der Waals surface area contributed by atoms with Crippen LogP contribution in [0.2, 0.25) is 0 Å². The minimum Gasteiger partial charge on any atom is -0.395 e. The quantitative estimate of drug-likeness (QED) is 0.791. The van der Waals surface area contributed by atoms with E-state index >= 15 is 0 Å². The zero-order chi connectivity index (χ0) is 19.2. The van der Waals surface area contributed by atoms with Crippen LogP contribution in [0.4, 0.5) is 15.8 Å². The highest BCUT2D eigenvalue weighted by atomic mass is 32.2. The number of halogens is 1. The molecule has 0 aromatic heterocycles. The van der Waals surface area contributed by atoms with Gasteiger partial charge in [0.2, 0.25) is 10.0 Å². The van der Waals surface area contributed by atoms with Gasteiger partial charge >= 0.3 is 0 Å². The molecule has 4 rings (SSSR count). The fourth-order valence-electron chi connectivity index (χ4n) is 3.54. The van der Waals surface area contributed by atoms with Crippen LogP contribution in [-0.2, 0) is 16.6 Å². The van der Waals surface area contributed by atoms with Crippen LogP contribution in [0, 0.1) is 5.82 Å². The van der Waals surface area contributed by atoms with Gasteiger partial charge in [0.1, 0.15) is 5.82 Å². The number of hydrazine groups is 1. The minimum atomic E-state index is -3.70. The molecule has 2 N–H and O–H groups in total. The molecule has 0 unspecified atom stereocenters. The molecule has 144 valence electrons. The van der Waals surface area contributed by atoms with E-state index in [2.05, 4.69) is 4.72 Å². The molecule has 2 aromatic rings. The zero-order valence-electron chi connectivity index (χ0n) is 15.0. The Morgan fingerprint density at radius 3 is 2.56 bits per heavy atom. The van der Waals surface area contributed by atoms with Crippen LogP contribution in [-0.4, -0.2) is 33.7 Å². The van der Waals surface area contributed by atoms with Crippen molar-refractivity contribution in [1.82, 2.24) is 4.72 Å². The molecular formula is C19H22FN3O3S. The summed E-state index contributed by atoms with van der Waals surface area (Å²) >= 11 is 0. The Morgan fingerprint density at radius 2 is 1.93 bits per heavy atom. The van der Waals surface area contributed by atoms with Gasteiger partial charge in [0.05, 0.1) is 29.4 Å². The molecule has 0 atom stereocenters. The normalized spacial score (nSPS) is 16.7. The highest BCUT2D eigenvalue weighted by Gasteiger charge is 2.34. The third-order valence-electron chi connectivity index (χ3n) is 5.08. The molecule has 2 aromatic carbocycles. The van der Waals surface area contributed by atoms with E-state index in [0.29, 0.717) is 6.54 Å². The third kappa shape index (κ3) is 3.40. The molecule has 1 aliphatic carbocycles. The van der Waals surface area contributed by atoms with Gasteiger partial charge in [0.25, 0.3) is 0 Å². The molecular weight excluding hydrogens is 369 g/mol. The second-order valence-corrected chi connectivity index (χ2v) is 8.71. The summed E-state index contributed by atoms with van der Waals surface area (Å²) in [4.78, 5) is 0.282. The number of hydrogen-bond donors (Lipinski definition) is 2. The van der Waals surface area contributed by atoms with E-state index < -0.39 is 10.0 Å². The number of nitrogens with zero attached hydrogens (tertiary/aromatic N) is 2. The Labute approximate surface area is 158 Å². The van der Waals surface area contributed by atoms with Crippen LogP contribution in [0.25, 0.3) is 0 Å². The van der Waals surface area contributed by atoms with Crippen molar-refractivity contribution in [3.05, 3.63) is 53.3 Å². The van der Waals surface area contributed by atoms with Crippen LogP contribution < -0.4 is 14.7 Å². The Kier molecular flexibility index (Phi) is 4.57. The number of nitrogens with one attached hydrogen (secondary N) is 1. The zero-order valence-corrected chi connectivity index (χ0v) is 15.8. The Bertz CT molecular complexity index is 959. The SMILES string of the molecule is CN1c2cc(S(=O)(=O)NCCO)c(C3CC3)cc2CN1c1ccc(F)cc1. The number of benzene rings is 2. The van der Waals surface area contributed by atoms with Crippen LogP contribution in [0.1, 0.15) is 29.9 Å². The summed E-state index contributed by atoms with van der Waals surface area (Å²) in [5.41, 5.74) is 3.54. The van der Waals surface area contributed by atoms with Crippen molar-refractivity contribution in [2.45, 2.75) is 30.2 Å². The number of fused-ring (bicyclic) bond motifs is 1. The fraction of sp³-hybridized carbons (Fsp3) is 0.368. The number of rotatable bonds is 6. The maximum Gasteiger partial charge on any atom is 0.241 e. The van der Waals surface area contributed by atoms with Gasteiger partial charge in [-0.2, -0.15) is 0 Å². The second kappa shape index (κ2) is 6.78. The summed E-state index contributed by atoms with van der Waals surface area (Å²) in [6.45, 7) is 0.337. The highest BCUT2D eigenvalue weighted by molar-refractivity contribution is 7.89. The first-order valence-electron chi connectivity index (χ1n) is 8.95. The Hall–Kier alpha value is -2.16. The maximum atomic E-state index is 13.2. The topological polar surface area (TPSA) is 72.9 Å². The number of aliphatic hydroxyl groups excluding tert-OH is 1. The van der Waals surface area contributed by atoms with Crippen molar-refractivity contribution in [3.63, 3.8) is 0 Å². The summed E-state index contributed by atoms with van der Waals surface area (Å²) in [6.07, 6.45) is 1.97. The van der Waals surface area contributed by atoms with Crippen LogP contribution in [0.3, 0.4) is 0 Å². The first kappa shape index (κ1) is 18.2. The van der Waals surface area contributed by atoms with Crippen molar-refractivity contribution in [1.29, 1.82) is 0 Å². The Balaban J connectivity index is 1.73. The molecule has 0 saturated heterocycles. The molecule has 0 radical (unpaired) electrons. The molecule has 0 amide bonds. The van der Waals surface area contributed by atoms with E-state index in [0.717, 1.165) is 35.3 Å². The average Bonchev–Trinajstić information content (AvgIpc) is 3.45. The summed E-state index contributed by atoms with van der Waals surface area (Å²) in [5.74, 6) is -0.0290. The van der Waals surface area contributed by atoms with Crippen molar-refractivity contribution < 1.29 is 17.9 Å². The van der Waals surface area contributed by atoms with E-state index in [4.69, 9.17) is 5.11 Å². The first-order valence-corrected chi connectivity index (χ1v) is 10.4. The van der Waals surface area contributed by atoms with Gasteiger partial charge in [-0.3, -0.25) is 10.0 Å². The molecule has 27 heavy (non-hydrogen) atoms. The molecule has 2 aliphatic rings. The average molecular weight is 391 g/mol. The second-order valence-electron chi connectivity index (χ2n) is 6.97. The van der Waals surface area contributed by atoms with Crippen LogP contribution >= 0.6 is 0 Å². The largest absolute Gasteiger partial charge is 0.395 e. The van der Waals surface area contributed by atoms with Gasteiger partial charge in [0, 0.05) is 13.6 Å². The molecule has 1 heterocycles. The van der Waals surface area contributed by atoms with Gasteiger partial charge in [-0.1, -0.05) is 6.07 Å². The van der Waals surface area contributed by atoms with Gasteiger partial charge < -0.3 is 5.11 Å². The lowest BCUT2D eigenvalue weighted by Gasteiger charge is -2.28. The summed E-state index contributed by atoms with van der Waals surface area (Å²) in [7, 11) is -1.83. The van der Waals surface area contributed by atoms with E-state index in [1.165, 1.54) is 12.1 Å². The highest BCUT2D eigenvalue weighted by Crippen LogP contribution is 2.46. The molecule has 1 aliphatic heterocycles. The molecule has 8 heteroatoms. The molecule has 1 saturated carbocycles. The van der Waals surface area contributed by atoms with Gasteiger partial charge in [-0.25, -0.2) is 17.5 Å². The number of aliphatic hydroxyl groups is 1. The molecule has 0 bridgehead atoms. The van der Waals surface area contributed by atoms with Crippen molar-refractivity contribution >= 4 is 21.4 Å². The lowest BCUT2D eigenvalue weighted by molar-refractivity contribution is 0.301.